The summed E-state index contributed by atoms with van der Waals surface area (Å²) in [6.45, 7) is 0.383. The first-order chi connectivity index (χ1) is 12.6. The SMILES string of the molecule is O=C(CC1C(=O)Nc2ccccc2N1S(=O)[O-])NCCc1ccncc1. The van der Waals surface area contributed by atoms with Crippen LogP contribution in [-0.2, 0) is 27.3 Å². The van der Waals surface area contributed by atoms with Crippen LogP contribution in [0.25, 0.3) is 0 Å². The number of aromatic nitrogens is 1. The van der Waals surface area contributed by atoms with Gasteiger partial charge in [-0.2, -0.15) is 0 Å². The average Bonchev–Trinajstić information content (AvgIpc) is 2.63. The summed E-state index contributed by atoms with van der Waals surface area (Å²) < 4.78 is 24.3. The molecule has 0 radical (unpaired) electrons. The third-order valence-corrected chi connectivity index (χ3v) is 4.78. The largest absolute Gasteiger partial charge is 0.755 e. The van der Waals surface area contributed by atoms with Crippen molar-refractivity contribution in [3.05, 3.63) is 54.4 Å². The first-order valence-electron chi connectivity index (χ1n) is 8.00. The van der Waals surface area contributed by atoms with Gasteiger partial charge in [-0.3, -0.25) is 23.1 Å². The number of benzene rings is 1. The molecule has 2 amide bonds. The zero-order valence-corrected chi connectivity index (χ0v) is 14.6. The molecular weight excluding hydrogens is 356 g/mol. The van der Waals surface area contributed by atoms with Gasteiger partial charge < -0.3 is 15.2 Å². The lowest BCUT2D eigenvalue weighted by molar-refractivity contribution is -0.125. The van der Waals surface area contributed by atoms with Crippen molar-refractivity contribution in [2.75, 3.05) is 16.2 Å². The normalized spacial score (nSPS) is 17.2. The molecule has 2 N–H and O–H groups in total. The van der Waals surface area contributed by atoms with Crippen LogP contribution in [0.15, 0.2) is 48.8 Å². The molecule has 0 aliphatic carbocycles. The second-order valence-corrected chi connectivity index (χ2v) is 6.55. The Kier molecular flexibility index (Phi) is 5.59. The van der Waals surface area contributed by atoms with Crippen LogP contribution in [0.1, 0.15) is 12.0 Å². The van der Waals surface area contributed by atoms with Gasteiger partial charge in [0.25, 0.3) is 0 Å². The number of para-hydroxylation sites is 2. The van der Waals surface area contributed by atoms with E-state index in [1.807, 2.05) is 12.1 Å². The van der Waals surface area contributed by atoms with E-state index in [0.717, 1.165) is 9.87 Å². The third kappa shape index (κ3) is 4.06. The number of fused-ring (bicyclic) bond motifs is 1. The highest BCUT2D eigenvalue weighted by atomic mass is 32.2. The Labute approximate surface area is 153 Å². The van der Waals surface area contributed by atoms with Gasteiger partial charge in [0.15, 0.2) is 0 Å². The van der Waals surface area contributed by atoms with Gasteiger partial charge in [0, 0.05) is 30.2 Å². The fourth-order valence-electron chi connectivity index (χ4n) is 2.77. The van der Waals surface area contributed by atoms with Crippen LogP contribution < -0.4 is 14.9 Å². The first kappa shape index (κ1) is 18.0. The molecule has 8 nitrogen and oxygen atoms in total. The lowest BCUT2D eigenvalue weighted by Crippen LogP contribution is -2.51. The molecule has 1 aromatic heterocycles. The number of anilines is 2. The highest BCUT2D eigenvalue weighted by Gasteiger charge is 2.35. The summed E-state index contributed by atoms with van der Waals surface area (Å²) in [7, 11) is 0. The monoisotopic (exact) mass is 373 g/mol. The minimum Gasteiger partial charge on any atom is -0.755 e. The number of amides is 2. The van der Waals surface area contributed by atoms with Crippen molar-refractivity contribution in [3.8, 4) is 0 Å². The van der Waals surface area contributed by atoms with E-state index in [9.17, 15) is 18.4 Å². The molecule has 1 aliphatic rings. The van der Waals surface area contributed by atoms with Crippen molar-refractivity contribution >= 4 is 34.5 Å². The molecule has 2 heterocycles. The summed E-state index contributed by atoms with van der Waals surface area (Å²) in [6, 6.07) is 9.13. The smallest absolute Gasteiger partial charge is 0.248 e. The van der Waals surface area contributed by atoms with Crippen molar-refractivity contribution in [1.82, 2.24) is 10.3 Å². The molecule has 0 bridgehead atoms. The first-order valence-corrected chi connectivity index (χ1v) is 9.03. The van der Waals surface area contributed by atoms with Crippen molar-refractivity contribution in [2.24, 2.45) is 0 Å². The molecule has 1 aliphatic heterocycles. The van der Waals surface area contributed by atoms with E-state index in [2.05, 4.69) is 15.6 Å². The lowest BCUT2D eigenvalue weighted by Gasteiger charge is -2.38. The van der Waals surface area contributed by atoms with Crippen LogP contribution in [0.2, 0.25) is 0 Å². The Bertz CT molecular complexity index is 831. The highest BCUT2D eigenvalue weighted by molar-refractivity contribution is 7.80. The van der Waals surface area contributed by atoms with E-state index < -0.39 is 29.1 Å². The van der Waals surface area contributed by atoms with Gasteiger partial charge in [0.1, 0.15) is 6.04 Å². The zero-order chi connectivity index (χ0) is 18.5. The lowest BCUT2D eigenvalue weighted by atomic mass is 10.1. The quantitative estimate of drug-likeness (QED) is 0.725. The summed E-state index contributed by atoms with van der Waals surface area (Å²) in [5.41, 5.74) is 1.76. The number of rotatable bonds is 6. The van der Waals surface area contributed by atoms with Crippen molar-refractivity contribution in [3.63, 3.8) is 0 Å². The van der Waals surface area contributed by atoms with E-state index in [0.29, 0.717) is 24.3 Å². The van der Waals surface area contributed by atoms with E-state index in [4.69, 9.17) is 0 Å². The molecule has 0 fully saturated rings. The minimum absolute atomic E-state index is 0.259. The molecule has 2 aromatic rings. The number of nitrogens with one attached hydrogen (secondary N) is 2. The molecule has 0 spiro atoms. The topological polar surface area (TPSA) is 114 Å². The van der Waals surface area contributed by atoms with Gasteiger partial charge in [-0.1, -0.05) is 12.1 Å². The molecule has 2 unspecified atom stereocenters. The Morgan fingerprint density at radius 2 is 2.00 bits per heavy atom. The van der Waals surface area contributed by atoms with Crippen molar-refractivity contribution in [1.29, 1.82) is 0 Å². The molecule has 2 atom stereocenters. The Hall–Kier alpha value is -2.78. The Balaban J connectivity index is 1.65. The second-order valence-electron chi connectivity index (χ2n) is 5.72. The maximum atomic E-state index is 12.3. The van der Waals surface area contributed by atoms with Gasteiger partial charge >= 0.3 is 0 Å². The maximum absolute atomic E-state index is 12.3. The number of hydrogen-bond donors (Lipinski definition) is 2. The summed E-state index contributed by atoms with van der Waals surface area (Å²) >= 11 is -2.68. The molecule has 0 saturated carbocycles. The van der Waals surface area contributed by atoms with Gasteiger partial charge in [-0.25, -0.2) is 0 Å². The number of hydrogen-bond acceptors (Lipinski definition) is 5. The summed E-state index contributed by atoms with van der Waals surface area (Å²) in [4.78, 5) is 28.4. The van der Waals surface area contributed by atoms with E-state index in [1.54, 1.807) is 36.7 Å². The molecule has 26 heavy (non-hydrogen) atoms. The highest BCUT2D eigenvalue weighted by Crippen LogP contribution is 2.33. The predicted molar refractivity (Wildman–Crippen MR) is 95.8 cm³/mol. The van der Waals surface area contributed by atoms with Crippen molar-refractivity contribution < 1.29 is 18.4 Å². The number of pyridine rings is 1. The predicted octanol–water partition coefficient (Wildman–Crippen LogP) is 0.752. The van der Waals surface area contributed by atoms with Gasteiger partial charge in [0.2, 0.25) is 11.8 Å². The van der Waals surface area contributed by atoms with Crippen LogP contribution in [0.4, 0.5) is 11.4 Å². The van der Waals surface area contributed by atoms with E-state index in [-0.39, 0.29) is 6.42 Å². The second kappa shape index (κ2) is 8.07. The summed E-state index contributed by atoms with van der Waals surface area (Å²) in [6.07, 6.45) is 3.69. The number of carbonyl (C=O) groups is 2. The van der Waals surface area contributed by atoms with Gasteiger partial charge in [0.05, 0.1) is 17.8 Å². The fourth-order valence-corrected chi connectivity index (χ4v) is 3.46. The van der Waals surface area contributed by atoms with E-state index in [1.165, 1.54) is 0 Å². The Morgan fingerprint density at radius 1 is 1.27 bits per heavy atom. The van der Waals surface area contributed by atoms with Crippen LogP contribution in [0.3, 0.4) is 0 Å². The molecule has 0 saturated heterocycles. The van der Waals surface area contributed by atoms with Crippen molar-refractivity contribution in [2.45, 2.75) is 18.9 Å². The Morgan fingerprint density at radius 3 is 2.73 bits per heavy atom. The maximum Gasteiger partial charge on any atom is 0.248 e. The molecule has 1 aromatic carbocycles. The number of nitrogens with zero attached hydrogens (tertiary/aromatic N) is 2. The van der Waals surface area contributed by atoms with E-state index >= 15 is 0 Å². The van der Waals surface area contributed by atoms with Gasteiger partial charge in [-0.05, 0) is 36.2 Å². The van der Waals surface area contributed by atoms with Crippen LogP contribution in [-0.4, -0.2) is 38.1 Å². The molecule has 136 valence electrons. The summed E-state index contributed by atoms with van der Waals surface area (Å²) in [5.74, 6) is -0.925. The van der Waals surface area contributed by atoms with Crippen LogP contribution in [0, 0.1) is 0 Å². The minimum atomic E-state index is -2.68. The van der Waals surface area contributed by atoms with Crippen LogP contribution >= 0.6 is 0 Å². The molecule has 3 rings (SSSR count). The average molecular weight is 373 g/mol. The zero-order valence-electron chi connectivity index (χ0n) is 13.8. The van der Waals surface area contributed by atoms with Crippen LogP contribution in [0.5, 0.6) is 0 Å². The summed E-state index contributed by atoms with van der Waals surface area (Å²) in [5, 5.41) is 5.36. The number of carbonyl (C=O) groups excluding carboxylic acids is 2. The standard InChI is InChI=1S/C17H18N4O4S/c22-16(19-10-7-12-5-8-18-9-6-12)11-15-17(23)20-13-3-1-2-4-14(13)21(15)26(24)25/h1-6,8-9,15H,7,10-11H2,(H,19,22)(H,20,23)(H,24,25)/p-1. The molecule has 9 heteroatoms. The third-order valence-electron chi connectivity index (χ3n) is 4.01. The van der Waals surface area contributed by atoms with Gasteiger partial charge in [-0.15, -0.1) is 0 Å². The molecular formula is C17H17N4O4S-. The fraction of sp³-hybridized carbons (Fsp3) is 0.235.